The first-order valence-electron chi connectivity index (χ1n) is 7.81. The first-order chi connectivity index (χ1) is 10.1. The molecule has 1 aliphatic heterocycles. The molecule has 5 nitrogen and oxygen atoms in total. The van der Waals surface area contributed by atoms with Gasteiger partial charge in [-0.15, -0.1) is 0 Å². The van der Waals surface area contributed by atoms with Gasteiger partial charge in [0.2, 0.25) is 0 Å². The number of hydrogen-bond donors (Lipinski definition) is 2. The Hall–Kier alpha value is -1.62. The molecule has 1 aromatic rings. The third kappa shape index (κ3) is 4.70. The molecule has 0 aromatic carbocycles. The Bertz CT molecular complexity index is 481. The smallest absolute Gasteiger partial charge is 0.251 e. The van der Waals surface area contributed by atoms with E-state index in [-0.39, 0.29) is 5.91 Å². The zero-order valence-corrected chi connectivity index (χ0v) is 13.1. The maximum Gasteiger partial charge on any atom is 0.251 e. The Morgan fingerprint density at radius 1 is 1.43 bits per heavy atom. The predicted octanol–water partition coefficient (Wildman–Crippen LogP) is 1.69. The number of aromatic nitrogens is 1. The van der Waals surface area contributed by atoms with E-state index in [1.54, 1.807) is 6.07 Å². The zero-order valence-electron chi connectivity index (χ0n) is 13.1. The van der Waals surface area contributed by atoms with Crippen molar-refractivity contribution in [3.8, 4) is 0 Å². The van der Waals surface area contributed by atoms with Crippen LogP contribution in [-0.4, -0.2) is 42.5 Å². The molecule has 1 amide bonds. The molecule has 0 unspecified atom stereocenters. The molecular formula is C16H26N4O. The van der Waals surface area contributed by atoms with Gasteiger partial charge in [-0.2, -0.15) is 0 Å². The second-order valence-electron chi connectivity index (χ2n) is 5.92. The van der Waals surface area contributed by atoms with Crippen LogP contribution in [0.1, 0.15) is 42.2 Å². The topological polar surface area (TPSA) is 71.2 Å². The molecule has 3 N–H and O–H groups in total. The number of carbonyl (C=O) groups excluding carboxylic acids is 1. The lowest BCUT2D eigenvalue weighted by molar-refractivity contribution is 0.0948. The Labute approximate surface area is 126 Å². The minimum atomic E-state index is -0.0493. The van der Waals surface area contributed by atoms with E-state index >= 15 is 0 Å². The highest BCUT2D eigenvalue weighted by molar-refractivity contribution is 5.94. The summed E-state index contributed by atoms with van der Waals surface area (Å²) in [6, 6.07) is 3.46. The third-order valence-electron chi connectivity index (χ3n) is 4.20. The number of amides is 1. The average Bonchev–Trinajstić information content (AvgIpc) is 2.48. The van der Waals surface area contributed by atoms with E-state index in [2.05, 4.69) is 22.2 Å². The molecule has 116 valence electrons. The maximum atomic E-state index is 12.2. The van der Waals surface area contributed by atoms with Crippen LogP contribution in [0.15, 0.2) is 12.1 Å². The van der Waals surface area contributed by atoms with Gasteiger partial charge in [0.15, 0.2) is 0 Å². The van der Waals surface area contributed by atoms with E-state index < -0.39 is 0 Å². The maximum absolute atomic E-state index is 12.2. The van der Waals surface area contributed by atoms with Crippen LogP contribution >= 0.6 is 0 Å². The summed E-state index contributed by atoms with van der Waals surface area (Å²) in [5, 5.41) is 3.00. The lowest BCUT2D eigenvalue weighted by atomic mass is 9.94. The van der Waals surface area contributed by atoms with Gasteiger partial charge in [-0.05, 0) is 63.9 Å². The summed E-state index contributed by atoms with van der Waals surface area (Å²) in [5.74, 6) is 1.09. The molecule has 21 heavy (non-hydrogen) atoms. The Kier molecular flexibility index (Phi) is 5.56. The highest BCUT2D eigenvalue weighted by Gasteiger charge is 2.16. The first-order valence-corrected chi connectivity index (χ1v) is 7.81. The molecule has 1 fully saturated rings. The average molecular weight is 290 g/mol. The molecule has 0 bridgehead atoms. The number of nitrogens with two attached hydrogens (primary N) is 1. The number of hydrogen-bond acceptors (Lipinski definition) is 4. The lowest BCUT2D eigenvalue weighted by Gasteiger charge is -2.28. The van der Waals surface area contributed by atoms with Gasteiger partial charge in [0.25, 0.3) is 5.91 Å². The van der Waals surface area contributed by atoms with Crippen LogP contribution in [0.25, 0.3) is 0 Å². The fraction of sp³-hybridized carbons (Fsp3) is 0.625. The fourth-order valence-electron chi connectivity index (χ4n) is 2.77. The minimum Gasteiger partial charge on any atom is -0.384 e. The summed E-state index contributed by atoms with van der Waals surface area (Å²) in [6.07, 6.45) is 4.30. The van der Waals surface area contributed by atoms with Crippen molar-refractivity contribution in [2.75, 3.05) is 32.4 Å². The molecule has 0 atom stereocenters. The van der Waals surface area contributed by atoms with Crippen LogP contribution < -0.4 is 11.1 Å². The first kappa shape index (κ1) is 15.8. The van der Waals surface area contributed by atoms with Crippen molar-refractivity contribution < 1.29 is 4.79 Å². The van der Waals surface area contributed by atoms with Crippen molar-refractivity contribution in [2.45, 2.75) is 32.6 Å². The molecule has 2 heterocycles. The Balaban J connectivity index is 1.80. The van der Waals surface area contributed by atoms with E-state index in [4.69, 9.17) is 5.73 Å². The second kappa shape index (κ2) is 7.41. The van der Waals surface area contributed by atoms with Crippen molar-refractivity contribution in [2.24, 2.45) is 5.92 Å². The van der Waals surface area contributed by atoms with Gasteiger partial charge in [0.1, 0.15) is 5.82 Å². The van der Waals surface area contributed by atoms with Crippen molar-refractivity contribution in [3.05, 3.63) is 23.4 Å². The monoisotopic (exact) mass is 290 g/mol. The van der Waals surface area contributed by atoms with Gasteiger partial charge >= 0.3 is 0 Å². The number of likely N-dealkylation sites (tertiary alicyclic amines) is 1. The van der Waals surface area contributed by atoms with Crippen LogP contribution in [0.3, 0.4) is 0 Å². The number of rotatable bonds is 5. The largest absolute Gasteiger partial charge is 0.384 e. The Morgan fingerprint density at radius 2 is 2.14 bits per heavy atom. The molecule has 0 spiro atoms. The zero-order chi connectivity index (χ0) is 15.2. The van der Waals surface area contributed by atoms with Gasteiger partial charge in [-0.25, -0.2) is 4.98 Å². The molecule has 1 aliphatic rings. The fourth-order valence-corrected chi connectivity index (χ4v) is 2.77. The number of anilines is 1. The number of nitrogens with one attached hydrogen (secondary N) is 1. The van der Waals surface area contributed by atoms with Crippen LogP contribution in [0.5, 0.6) is 0 Å². The van der Waals surface area contributed by atoms with Gasteiger partial charge in [-0.1, -0.05) is 6.92 Å². The molecule has 0 aliphatic carbocycles. The number of nitrogen functional groups attached to an aromatic ring is 1. The van der Waals surface area contributed by atoms with Gasteiger partial charge in [0, 0.05) is 17.8 Å². The quantitative estimate of drug-likeness (QED) is 0.865. The normalized spacial score (nSPS) is 16.9. The summed E-state index contributed by atoms with van der Waals surface area (Å²) in [4.78, 5) is 18.7. The molecular weight excluding hydrogens is 264 g/mol. The van der Waals surface area contributed by atoms with Crippen LogP contribution in [-0.2, 0) is 6.42 Å². The number of nitrogens with zero attached hydrogens (tertiary/aromatic N) is 2. The van der Waals surface area contributed by atoms with Crippen LogP contribution in [0.2, 0.25) is 0 Å². The molecule has 0 radical (unpaired) electrons. The number of piperidine rings is 1. The third-order valence-corrected chi connectivity index (χ3v) is 4.20. The van der Waals surface area contributed by atoms with E-state index in [9.17, 15) is 4.79 Å². The van der Waals surface area contributed by atoms with Crippen molar-refractivity contribution in [3.63, 3.8) is 0 Å². The lowest BCUT2D eigenvalue weighted by Crippen LogP contribution is -2.32. The summed E-state index contributed by atoms with van der Waals surface area (Å²) in [5.41, 5.74) is 7.21. The molecule has 5 heteroatoms. The van der Waals surface area contributed by atoms with Crippen molar-refractivity contribution >= 4 is 11.7 Å². The van der Waals surface area contributed by atoms with Crippen molar-refractivity contribution in [1.82, 2.24) is 15.2 Å². The molecule has 0 saturated carbocycles. The Morgan fingerprint density at radius 3 is 2.81 bits per heavy atom. The predicted molar refractivity (Wildman–Crippen MR) is 85.2 cm³/mol. The summed E-state index contributed by atoms with van der Waals surface area (Å²) >= 11 is 0. The van der Waals surface area contributed by atoms with Crippen LogP contribution in [0, 0.1) is 5.92 Å². The van der Waals surface area contributed by atoms with E-state index in [0.29, 0.717) is 11.4 Å². The number of pyridine rings is 1. The molecule has 1 aromatic heterocycles. The molecule has 1 saturated heterocycles. The SMILES string of the molecule is CCc1cc(C(=O)NCCC2CCN(C)CC2)cc(N)n1. The summed E-state index contributed by atoms with van der Waals surface area (Å²) in [6.45, 7) is 5.07. The van der Waals surface area contributed by atoms with Gasteiger partial charge < -0.3 is 16.0 Å². The summed E-state index contributed by atoms with van der Waals surface area (Å²) < 4.78 is 0. The van der Waals surface area contributed by atoms with E-state index in [1.807, 2.05) is 13.0 Å². The number of carbonyl (C=O) groups is 1. The van der Waals surface area contributed by atoms with E-state index in [0.717, 1.165) is 31.0 Å². The summed E-state index contributed by atoms with van der Waals surface area (Å²) in [7, 11) is 2.16. The second-order valence-corrected chi connectivity index (χ2v) is 5.92. The van der Waals surface area contributed by atoms with E-state index in [1.165, 1.54) is 25.9 Å². The van der Waals surface area contributed by atoms with Gasteiger partial charge in [0.05, 0.1) is 0 Å². The van der Waals surface area contributed by atoms with Crippen LogP contribution in [0.4, 0.5) is 5.82 Å². The number of aryl methyl sites for hydroxylation is 1. The highest BCUT2D eigenvalue weighted by Crippen LogP contribution is 2.18. The van der Waals surface area contributed by atoms with Crippen molar-refractivity contribution in [1.29, 1.82) is 0 Å². The highest BCUT2D eigenvalue weighted by atomic mass is 16.1. The standard InChI is InChI=1S/C16H26N4O/c1-3-14-10-13(11-15(17)19-14)16(21)18-7-4-12-5-8-20(2)9-6-12/h10-12H,3-9H2,1-2H3,(H2,17,19)(H,18,21). The van der Waals surface area contributed by atoms with Gasteiger partial charge in [-0.3, -0.25) is 4.79 Å². The minimum absolute atomic E-state index is 0.0493. The molecule has 2 rings (SSSR count).